The minimum atomic E-state index is -1.17. The summed E-state index contributed by atoms with van der Waals surface area (Å²) in [4.78, 5) is 22.7. The predicted octanol–water partition coefficient (Wildman–Crippen LogP) is 2.32. The Balaban J connectivity index is 2.52. The third-order valence-electron chi connectivity index (χ3n) is 2.24. The summed E-state index contributed by atoms with van der Waals surface area (Å²) in [5.74, 6) is 0.592. The lowest BCUT2D eigenvalue weighted by Gasteiger charge is -2.08. The van der Waals surface area contributed by atoms with Crippen molar-refractivity contribution in [1.82, 2.24) is 15.0 Å². The van der Waals surface area contributed by atoms with Gasteiger partial charge in [-0.05, 0) is 23.7 Å². The van der Waals surface area contributed by atoms with Crippen LogP contribution in [0.4, 0.5) is 16.4 Å². The molecule has 98 valence electrons. The van der Waals surface area contributed by atoms with Crippen molar-refractivity contribution in [3.63, 3.8) is 0 Å². The molecule has 7 nitrogen and oxygen atoms in total. The maximum atomic E-state index is 10.7. The Morgan fingerprint density at radius 3 is 2.68 bits per heavy atom. The Kier molecular flexibility index (Phi) is 3.76. The van der Waals surface area contributed by atoms with Crippen LogP contribution in [-0.2, 0) is 0 Å². The number of nitrogens with zero attached hydrogens (tertiary/aromatic N) is 3. The number of halogens is 1. The molecule has 8 heteroatoms. The lowest BCUT2D eigenvalue weighted by Crippen LogP contribution is -2.09. The second-order valence-corrected chi connectivity index (χ2v) is 3.82. The van der Waals surface area contributed by atoms with Gasteiger partial charge in [0, 0.05) is 12.6 Å². The first-order chi connectivity index (χ1) is 9.10. The molecule has 3 N–H and O–H groups in total. The van der Waals surface area contributed by atoms with E-state index in [-0.39, 0.29) is 11.1 Å². The zero-order valence-corrected chi connectivity index (χ0v) is 10.6. The van der Waals surface area contributed by atoms with E-state index in [1.165, 1.54) is 0 Å². The molecule has 19 heavy (non-hydrogen) atoms. The van der Waals surface area contributed by atoms with Crippen molar-refractivity contribution in [1.29, 1.82) is 0 Å². The van der Waals surface area contributed by atoms with Crippen LogP contribution in [0.3, 0.4) is 0 Å². The average molecular weight is 280 g/mol. The van der Waals surface area contributed by atoms with E-state index in [4.69, 9.17) is 16.7 Å². The topological polar surface area (TPSA) is 100 Å². The number of hydrogen-bond acceptors (Lipinski definition) is 5. The van der Waals surface area contributed by atoms with Crippen molar-refractivity contribution in [3.05, 3.63) is 29.5 Å². The number of anilines is 2. The van der Waals surface area contributed by atoms with E-state index < -0.39 is 6.09 Å². The van der Waals surface area contributed by atoms with E-state index >= 15 is 0 Å². The first kappa shape index (κ1) is 13.0. The number of carbonyl (C=O) groups is 1. The highest BCUT2D eigenvalue weighted by molar-refractivity contribution is 6.28. The van der Waals surface area contributed by atoms with E-state index in [9.17, 15) is 4.79 Å². The van der Waals surface area contributed by atoms with Gasteiger partial charge in [-0.25, -0.2) is 4.79 Å². The molecule has 0 bridgehead atoms. The third kappa shape index (κ3) is 3.08. The molecule has 1 amide bonds. The molecular formula is C11H10ClN5O2. The number of carboxylic acid groups (broad SMARTS) is 1. The molecule has 0 aliphatic carbocycles. The van der Waals surface area contributed by atoms with E-state index in [0.29, 0.717) is 17.2 Å². The monoisotopic (exact) mass is 279 g/mol. The number of rotatable bonds is 3. The minimum absolute atomic E-state index is 0.0273. The van der Waals surface area contributed by atoms with Gasteiger partial charge < -0.3 is 10.4 Å². The number of amides is 1. The summed E-state index contributed by atoms with van der Waals surface area (Å²) in [7, 11) is 1.65. The summed E-state index contributed by atoms with van der Waals surface area (Å²) >= 11 is 5.80. The van der Waals surface area contributed by atoms with Gasteiger partial charge in [0.1, 0.15) is 0 Å². The molecule has 0 fully saturated rings. The smallest absolute Gasteiger partial charge is 0.409 e. The first-order valence-electron chi connectivity index (χ1n) is 5.29. The number of aromatic nitrogens is 3. The Bertz CT molecular complexity index is 620. The number of hydrogen-bond donors (Lipinski definition) is 3. The van der Waals surface area contributed by atoms with E-state index in [1.54, 1.807) is 31.3 Å². The Morgan fingerprint density at radius 1 is 1.26 bits per heavy atom. The number of benzene rings is 1. The molecule has 0 unspecified atom stereocenters. The summed E-state index contributed by atoms with van der Waals surface area (Å²) < 4.78 is 0. The lowest BCUT2D eigenvalue weighted by atomic mass is 10.1. The maximum Gasteiger partial charge on any atom is 0.409 e. The highest BCUT2D eigenvalue weighted by Crippen LogP contribution is 2.26. The molecular weight excluding hydrogens is 270 g/mol. The zero-order chi connectivity index (χ0) is 13.8. The fraction of sp³-hybridized carbons (Fsp3) is 0.0909. The van der Waals surface area contributed by atoms with Crippen LogP contribution < -0.4 is 10.6 Å². The molecule has 0 atom stereocenters. The van der Waals surface area contributed by atoms with Crippen LogP contribution in [0.2, 0.25) is 5.28 Å². The molecule has 0 radical (unpaired) electrons. The summed E-state index contributed by atoms with van der Waals surface area (Å²) in [5, 5.41) is 13.9. The van der Waals surface area contributed by atoms with Crippen molar-refractivity contribution in [3.8, 4) is 11.4 Å². The van der Waals surface area contributed by atoms with Crippen LogP contribution in [0.1, 0.15) is 0 Å². The number of nitrogens with one attached hydrogen (secondary N) is 2. The van der Waals surface area contributed by atoms with Gasteiger partial charge in [-0.2, -0.15) is 15.0 Å². The first-order valence-corrected chi connectivity index (χ1v) is 5.66. The van der Waals surface area contributed by atoms with Gasteiger partial charge in [-0.3, -0.25) is 5.32 Å². The molecule has 1 aromatic heterocycles. The normalized spacial score (nSPS) is 10.0. The highest BCUT2D eigenvalue weighted by atomic mass is 35.5. The van der Waals surface area contributed by atoms with Gasteiger partial charge in [-0.1, -0.05) is 12.1 Å². The van der Waals surface area contributed by atoms with E-state index in [2.05, 4.69) is 25.6 Å². The van der Waals surface area contributed by atoms with Crippen molar-refractivity contribution < 1.29 is 9.90 Å². The van der Waals surface area contributed by atoms with Crippen molar-refractivity contribution in [2.45, 2.75) is 0 Å². The Hall–Kier alpha value is -2.41. The summed E-state index contributed by atoms with van der Waals surface area (Å²) in [6.07, 6.45) is -1.17. The minimum Gasteiger partial charge on any atom is -0.465 e. The lowest BCUT2D eigenvalue weighted by molar-refractivity contribution is 0.210. The highest BCUT2D eigenvalue weighted by Gasteiger charge is 2.12. The fourth-order valence-corrected chi connectivity index (χ4v) is 1.64. The second kappa shape index (κ2) is 5.49. The van der Waals surface area contributed by atoms with E-state index in [1.807, 2.05) is 0 Å². The van der Waals surface area contributed by atoms with Crippen molar-refractivity contribution in [2.24, 2.45) is 0 Å². The van der Waals surface area contributed by atoms with Crippen molar-refractivity contribution >= 4 is 29.3 Å². The van der Waals surface area contributed by atoms with Crippen LogP contribution >= 0.6 is 11.6 Å². The van der Waals surface area contributed by atoms with Gasteiger partial charge in [-0.15, -0.1) is 0 Å². The van der Waals surface area contributed by atoms with Crippen LogP contribution in [0.25, 0.3) is 11.4 Å². The second-order valence-electron chi connectivity index (χ2n) is 3.48. The van der Waals surface area contributed by atoms with Gasteiger partial charge in [0.2, 0.25) is 11.2 Å². The molecule has 0 aliphatic rings. The summed E-state index contributed by atoms with van der Waals surface area (Å²) in [5.41, 5.74) is 0.894. The zero-order valence-electron chi connectivity index (χ0n) is 9.88. The quantitative estimate of drug-likeness (QED) is 0.797. The van der Waals surface area contributed by atoms with Crippen LogP contribution in [0, 0.1) is 0 Å². The van der Waals surface area contributed by atoms with Gasteiger partial charge in [0.15, 0.2) is 5.82 Å². The Morgan fingerprint density at radius 2 is 2.00 bits per heavy atom. The number of para-hydroxylation sites is 1. The van der Waals surface area contributed by atoms with Crippen molar-refractivity contribution in [2.75, 3.05) is 17.7 Å². The fourth-order valence-electron chi connectivity index (χ4n) is 1.48. The maximum absolute atomic E-state index is 10.7. The molecule has 2 aromatic rings. The van der Waals surface area contributed by atoms with Gasteiger partial charge >= 0.3 is 6.09 Å². The molecule has 1 heterocycles. The molecule has 1 aromatic carbocycles. The third-order valence-corrected chi connectivity index (χ3v) is 2.41. The van der Waals surface area contributed by atoms with Crippen LogP contribution in [-0.4, -0.2) is 33.2 Å². The van der Waals surface area contributed by atoms with Gasteiger partial charge in [0.25, 0.3) is 0 Å². The molecule has 2 rings (SSSR count). The summed E-state index contributed by atoms with van der Waals surface area (Å²) in [6, 6.07) is 6.76. The van der Waals surface area contributed by atoms with Gasteiger partial charge in [0.05, 0.1) is 5.69 Å². The largest absolute Gasteiger partial charge is 0.465 e. The molecule has 0 aliphatic heterocycles. The van der Waals surface area contributed by atoms with E-state index in [0.717, 1.165) is 0 Å². The average Bonchev–Trinajstić information content (AvgIpc) is 2.38. The summed E-state index contributed by atoms with van der Waals surface area (Å²) in [6.45, 7) is 0. The predicted molar refractivity (Wildman–Crippen MR) is 71.5 cm³/mol. The standard InChI is InChI=1S/C11H10ClN5O2/c1-13-10-16-8(15-9(12)17-10)6-4-2-3-5-7(6)14-11(18)19/h2-5,14H,1H3,(H,18,19)(H,13,15,16,17). The molecule has 0 spiro atoms. The van der Waals surface area contributed by atoms with Crippen LogP contribution in [0.15, 0.2) is 24.3 Å². The molecule has 0 saturated carbocycles. The van der Waals surface area contributed by atoms with Crippen LogP contribution in [0.5, 0.6) is 0 Å². The Labute approximate surface area is 113 Å². The SMILES string of the molecule is CNc1nc(Cl)nc(-c2ccccc2NC(=O)O)n1. The molecule has 0 saturated heterocycles.